The molecule has 0 aliphatic carbocycles. The molecule has 1 aromatic heterocycles. The maximum absolute atomic E-state index is 5.33. The zero-order chi connectivity index (χ0) is 11.5. The SMILES string of the molecule is CCOc1cncc(C2=C(C)C(=S)CS2)n1. The van der Waals surface area contributed by atoms with Gasteiger partial charge in [-0.1, -0.05) is 12.2 Å². The van der Waals surface area contributed by atoms with E-state index >= 15 is 0 Å². The molecule has 2 heterocycles. The maximum atomic E-state index is 5.33. The molecule has 0 unspecified atom stereocenters. The van der Waals surface area contributed by atoms with E-state index in [1.807, 2.05) is 13.8 Å². The first-order valence-corrected chi connectivity index (χ1v) is 6.44. The number of hydrogen-bond acceptors (Lipinski definition) is 5. The first-order chi connectivity index (χ1) is 7.72. The van der Waals surface area contributed by atoms with Gasteiger partial charge in [0, 0.05) is 15.5 Å². The quantitative estimate of drug-likeness (QED) is 0.773. The Hall–Kier alpha value is -0.940. The summed E-state index contributed by atoms with van der Waals surface area (Å²) >= 11 is 6.96. The van der Waals surface area contributed by atoms with Crippen LogP contribution in [0.3, 0.4) is 0 Å². The van der Waals surface area contributed by atoms with Crippen molar-refractivity contribution in [2.75, 3.05) is 12.4 Å². The van der Waals surface area contributed by atoms with E-state index in [0.29, 0.717) is 12.5 Å². The Labute approximate surface area is 104 Å². The summed E-state index contributed by atoms with van der Waals surface area (Å²) in [5.74, 6) is 1.44. The fourth-order valence-corrected chi connectivity index (χ4v) is 2.84. The minimum atomic E-state index is 0.568. The van der Waals surface area contributed by atoms with Crippen molar-refractivity contribution in [3.63, 3.8) is 0 Å². The Kier molecular flexibility index (Phi) is 3.56. The van der Waals surface area contributed by atoms with E-state index in [0.717, 1.165) is 26.8 Å². The highest BCUT2D eigenvalue weighted by Gasteiger charge is 2.19. The van der Waals surface area contributed by atoms with Crippen LogP contribution in [-0.2, 0) is 0 Å². The van der Waals surface area contributed by atoms with Crippen molar-refractivity contribution in [1.82, 2.24) is 9.97 Å². The van der Waals surface area contributed by atoms with Gasteiger partial charge in [0.15, 0.2) is 0 Å². The average molecular weight is 252 g/mol. The number of nitrogens with zero attached hydrogens (tertiary/aromatic N) is 2. The Morgan fingerprint density at radius 3 is 2.94 bits per heavy atom. The molecule has 0 saturated heterocycles. The summed E-state index contributed by atoms with van der Waals surface area (Å²) in [5, 5.41) is 0. The van der Waals surface area contributed by atoms with E-state index in [4.69, 9.17) is 17.0 Å². The van der Waals surface area contributed by atoms with Gasteiger partial charge in [-0.15, -0.1) is 11.8 Å². The second-order valence-electron chi connectivity index (χ2n) is 3.34. The molecule has 0 fully saturated rings. The molecule has 0 bridgehead atoms. The second kappa shape index (κ2) is 4.93. The van der Waals surface area contributed by atoms with E-state index in [9.17, 15) is 0 Å². The summed E-state index contributed by atoms with van der Waals surface area (Å²) in [6.45, 7) is 4.56. The van der Waals surface area contributed by atoms with Gasteiger partial charge >= 0.3 is 0 Å². The van der Waals surface area contributed by atoms with Crippen molar-refractivity contribution >= 4 is 33.7 Å². The molecule has 0 saturated carbocycles. The molecule has 1 aromatic rings. The van der Waals surface area contributed by atoms with Gasteiger partial charge in [-0.25, -0.2) is 4.98 Å². The second-order valence-corrected chi connectivity index (χ2v) is 4.82. The lowest BCUT2D eigenvalue weighted by atomic mass is 10.2. The third-order valence-corrected chi connectivity index (χ3v) is 4.11. The van der Waals surface area contributed by atoms with Crippen molar-refractivity contribution in [2.45, 2.75) is 13.8 Å². The number of thiocarbonyl (C=S) groups is 1. The van der Waals surface area contributed by atoms with Crippen LogP contribution in [0.4, 0.5) is 0 Å². The predicted molar refractivity (Wildman–Crippen MR) is 70.9 cm³/mol. The van der Waals surface area contributed by atoms with Crippen LogP contribution in [0, 0.1) is 0 Å². The minimum Gasteiger partial charge on any atom is -0.477 e. The van der Waals surface area contributed by atoms with E-state index in [1.165, 1.54) is 0 Å². The van der Waals surface area contributed by atoms with Crippen LogP contribution in [0.5, 0.6) is 5.88 Å². The molecule has 2 rings (SSSR count). The standard InChI is InChI=1S/C11H12N2OS2/c1-3-14-10-5-12-4-8(13-10)11-7(2)9(15)6-16-11/h4-5H,3,6H2,1-2H3. The van der Waals surface area contributed by atoms with Gasteiger partial charge in [-0.05, 0) is 19.4 Å². The Bertz CT molecular complexity index is 457. The van der Waals surface area contributed by atoms with Gasteiger partial charge < -0.3 is 4.74 Å². The van der Waals surface area contributed by atoms with Gasteiger partial charge in [-0.3, -0.25) is 4.98 Å². The molecule has 0 atom stereocenters. The molecular formula is C11H12N2OS2. The van der Waals surface area contributed by atoms with Gasteiger partial charge in [0.1, 0.15) is 0 Å². The maximum Gasteiger partial charge on any atom is 0.232 e. The highest BCUT2D eigenvalue weighted by Crippen LogP contribution is 2.36. The van der Waals surface area contributed by atoms with Crippen LogP contribution in [0.15, 0.2) is 18.0 Å². The van der Waals surface area contributed by atoms with E-state index in [2.05, 4.69) is 9.97 Å². The molecule has 3 nitrogen and oxygen atoms in total. The largest absolute Gasteiger partial charge is 0.477 e. The third kappa shape index (κ3) is 2.25. The van der Waals surface area contributed by atoms with Crippen LogP contribution < -0.4 is 4.74 Å². The lowest BCUT2D eigenvalue weighted by Crippen LogP contribution is -1.98. The van der Waals surface area contributed by atoms with Crippen LogP contribution in [0.25, 0.3) is 4.91 Å². The van der Waals surface area contributed by atoms with Crippen LogP contribution in [-0.4, -0.2) is 27.2 Å². The number of ether oxygens (including phenoxy) is 1. The molecule has 16 heavy (non-hydrogen) atoms. The van der Waals surface area contributed by atoms with Crippen LogP contribution >= 0.6 is 24.0 Å². The smallest absolute Gasteiger partial charge is 0.232 e. The lowest BCUT2D eigenvalue weighted by Gasteiger charge is -2.05. The fraction of sp³-hybridized carbons (Fsp3) is 0.364. The number of aromatic nitrogens is 2. The molecule has 1 aliphatic rings. The highest BCUT2D eigenvalue weighted by atomic mass is 32.2. The molecular weight excluding hydrogens is 240 g/mol. The molecule has 5 heteroatoms. The van der Waals surface area contributed by atoms with Crippen molar-refractivity contribution < 1.29 is 4.74 Å². The van der Waals surface area contributed by atoms with Gasteiger partial charge in [0.25, 0.3) is 0 Å². The number of rotatable bonds is 3. The molecule has 0 N–H and O–H groups in total. The fourth-order valence-electron chi connectivity index (χ4n) is 1.42. The zero-order valence-electron chi connectivity index (χ0n) is 9.19. The normalized spacial score (nSPS) is 15.8. The Morgan fingerprint density at radius 1 is 1.50 bits per heavy atom. The summed E-state index contributed by atoms with van der Waals surface area (Å²) in [5.41, 5.74) is 2.00. The van der Waals surface area contributed by atoms with Gasteiger partial charge in [0.2, 0.25) is 5.88 Å². The summed E-state index contributed by atoms with van der Waals surface area (Å²) in [4.78, 5) is 10.7. The molecule has 0 radical (unpaired) electrons. The number of hydrogen-bond donors (Lipinski definition) is 0. The molecule has 0 amide bonds. The Balaban J connectivity index is 2.34. The number of allylic oxidation sites excluding steroid dienone is 1. The monoisotopic (exact) mass is 252 g/mol. The topological polar surface area (TPSA) is 35.0 Å². The lowest BCUT2D eigenvalue weighted by molar-refractivity contribution is 0.325. The summed E-state index contributed by atoms with van der Waals surface area (Å²) in [6, 6.07) is 0. The summed E-state index contributed by atoms with van der Waals surface area (Å²) in [7, 11) is 0. The third-order valence-electron chi connectivity index (χ3n) is 2.24. The minimum absolute atomic E-state index is 0.568. The van der Waals surface area contributed by atoms with E-state index < -0.39 is 0 Å². The van der Waals surface area contributed by atoms with Crippen molar-refractivity contribution in [1.29, 1.82) is 0 Å². The van der Waals surface area contributed by atoms with Crippen molar-refractivity contribution in [3.05, 3.63) is 23.7 Å². The summed E-state index contributed by atoms with van der Waals surface area (Å²) < 4.78 is 5.33. The van der Waals surface area contributed by atoms with Gasteiger partial charge in [-0.2, -0.15) is 0 Å². The van der Waals surface area contributed by atoms with Crippen LogP contribution in [0.1, 0.15) is 19.5 Å². The number of thioether (sulfide) groups is 1. The highest BCUT2D eigenvalue weighted by molar-refractivity contribution is 8.10. The van der Waals surface area contributed by atoms with E-state index in [-0.39, 0.29) is 0 Å². The molecule has 0 aromatic carbocycles. The van der Waals surface area contributed by atoms with Crippen molar-refractivity contribution in [2.24, 2.45) is 0 Å². The van der Waals surface area contributed by atoms with E-state index in [1.54, 1.807) is 24.2 Å². The van der Waals surface area contributed by atoms with Crippen LogP contribution in [0.2, 0.25) is 0 Å². The average Bonchev–Trinajstić information content (AvgIpc) is 2.61. The summed E-state index contributed by atoms with van der Waals surface area (Å²) in [6.07, 6.45) is 3.38. The molecule has 84 valence electrons. The zero-order valence-corrected chi connectivity index (χ0v) is 10.8. The first kappa shape index (κ1) is 11.5. The van der Waals surface area contributed by atoms with Crippen molar-refractivity contribution in [3.8, 4) is 5.88 Å². The first-order valence-electron chi connectivity index (χ1n) is 5.04. The molecule has 0 spiro atoms. The Morgan fingerprint density at radius 2 is 2.31 bits per heavy atom. The predicted octanol–water partition coefficient (Wildman–Crippen LogP) is 2.72. The van der Waals surface area contributed by atoms with Gasteiger partial charge in [0.05, 0.1) is 24.7 Å². The molecule has 1 aliphatic heterocycles.